The minimum atomic E-state index is 0.591. The van der Waals surface area contributed by atoms with Gasteiger partial charge in [-0.25, -0.2) is 0 Å². The van der Waals surface area contributed by atoms with Gasteiger partial charge in [-0.3, -0.25) is 0 Å². The maximum absolute atomic E-state index is 2.46. The van der Waals surface area contributed by atoms with Crippen molar-refractivity contribution in [3.05, 3.63) is 11.6 Å². The fraction of sp³-hybridized carbons (Fsp3) is 0.882. The van der Waals surface area contributed by atoms with E-state index in [4.69, 9.17) is 0 Å². The van der Waals surface area contributed by atoms with E-state index in [2.05, 4.69) is 47.6 Å². The molecule has 1 fully saturated rings. The maximum Gasteiger partial charge on any atom is -0.00223 e. The molecule has 1 saturated carbocycles. The van der Waals surface area contributed by atoms with Crippen molar-refractivity contribution in [2.75, 3.05) is 0 Å². The van der Waals surface area contributed by atoms with Gasteiger partial charge in [-0.15, -0.1) is 0 Å². The van der Waals surface area contributed by atoms with Crippen LogP contribution in [0.15, 0.2) is 11.6 Å². The van der Waals surface area contributed by atoms with Crippen LogP contribution in [-0.4, -0.2) is 0 Å². The Morgan fingerprint density at radius 2 is 1.76 bits per heavy atom. The van der Waals surface area contributed by atoms with Crippen LogP contribution in [0.1, 0.15) is 73.6 Å². The van der Waals surface area contributed by atoms with E-state index in [1.807, 2.05) is 0 Å². The molecule has 4 atom stereocenters. The quantitative estimate of drug-likeness (QED) is 0.488. The van der Waals surface area contributed by atoms with Crippen molar-refractivity contribution in [2.45, 2.75) is 73.6 Å². The first kappa shape index (κ1) is 14.8. The van der Waals surface area contributed by atoms with Crippen molar-refractivity contribution in [3.8, 4) is 0 Å². The van der Waals surface area contributed by atoms with Crippen LogP contribution in [0.4, 0.5) is 0 Å². The summed E-state index contributed by atoms with van der Waals surface area (Å²) in [5.41, 5.74) is 2.33. The summed E-state index contributed by atoms with van der Waals surface area (Å²) in [6.07, 6.45) is 9.15. The molecule has 0 aromatic carbocycles. The summed E-state index contributed by atoms with van der Waals surface area (Å²) in [6.45, 7) is 14.2. The highest BCUT2D eigenvalue weighted by atomic mass is 14.6. The van der Waals surface area contributed by atoms with Gasteiger partial charge in [0.25, 0.3) is 0 Å². The fourth-order valence-corrected chi connectivity index (χ4v) is 4.16. The van der Waals surface area contributed by atoms with Crippen molar-refractivity contribution in [1.82, 2.24) is 0 Å². The summed E-state index contributed by atoms with van der Waals surface area (Å²) in [4.78, 5) is 0. The van der Waals surface area contributed by atoms with E-state index < -0.39 is 0 Å². The van der Waals surface area contributed by atoms with Crippen LogP contribution >= 0.6 is 0 Å². The summed E-state index contributed by atoms with van der Waals surface area (Å²) in [7, 11) is 0. The molecule has 0 aromatic heterocycles. The first-order valence-electron chi connectivity index (χ1n) is 7.76. The van der Waals surface area contributed by atoms with Gasteiger partial charge in [-0.1, -0.05) is 65.5 Å². The Morgan fingerprint density at radius 1 is 1.12 bits per heavy atom. The fourth-order valence-electron chi connectivity index (χ4n) is 4.16. The average Bonchev–Trinajstić information content (AvgIpc) is 3.09. The zero-order valence-corrected chi connectivity index (χ0v) is 12.8. The highest BCUT2D eigenvalue weighted by molar-refractivity contribution is 5.33. The normalized spacial score (nSPS) is 31.3. The lowest BCUT2D eigenvalue weighted by Gasteiger charge is -2.36. The average molecular weight is 236 g/mol. The van der Waals surface area contributed by atoms with Gasteiger partial charge in [0.15, 0.2) is 0 Å². The summed E-state index contributed by atoms with van der Waals surface area (Å²) in [5.74, 6) is 2.72. The highest BCUT2D eigenvalue weighted by Gasteiger charge is 2.53. The van der Waals surface area contributed by atoms with Crippen molar-refractivity contribution >= 4 is 0 Å². The predicted molar refractivity (Wildman–Crippen MR) is 78.1 cm³/mol. The molecule has 0 heteroatoms. The van der Waals surface area contributed by atoms with E-state index in [0.29, 0.717) is 5.41 Å². The molecule has 0 spiro atoms. The standard InChI is InChI=1S/C17H32/c1-7-13(6)15(9-3)16(10-4)17(11-5)12-14(17)8-2/h8,13,15-16H,7,9-12H2,1-6H3. The molecule has 0 heterocycles. The third-order valence-electron chi connectivity index (χ3n) is 5.51. The minimum absolute atomic E-state index is 0.591. The van der Waals surface area contributed by atoms with Crippen LogP contribution in [0, 0.1) is 23.2 Å². The van der Waals surface area contributed by atoms with Crippen molar-refractivity contribution in [2.24, 2.45) is 23.2 Å². The van der Waals surface area contributed by atoms with Gasteiger partial charge in [-0.2, -0.15) is 0 Å². The van der Waals surface area contributed by atoms with E-state index in [-0.39, 0.29) is 0 Å². The van der Waals surface area contributed by atoms with Crippen LogP contribution in [0.25, 0.3) is 0 Å². The van der Waals surface area contributed by atoms with E-state index in [1.165, 1.54) is 32.1 Å². The molecule has 0 N–H and O–H groups in total. The summed E-state index contributed by atoms with van der Waals surface area (Å²) < 4.78 is 0. The SMILES string of the molecule is CC=C1CC1(CC)C(CC)C(CC)C(C)CC. The molecule has 100 valence electrons. The molecule has 4 unspecified atom stereocenters. The lowest BCUT2D eigenvalue weighted by atomic mass is 9.69. The van der Waals surface area contributed by atoms with E-state index in [0.717, 1.165) is 17.8 Å². The summed E-state index contributed by atoms with van der Waals surface area (Å²) in [5, 5.41) is 0. The molecule has 0 saturated heterocycles. The molecule has 17 heavy (non-hydrogen) atoms. The largest absolute Gasteiger partial charge is 0.0878 e. The maximum atomic E-state index is 2.46. The lowest BCUT2D eigenvalue weighted by Crippen LogP contribution is -2.28. The Morgan fingerprint density at radius 3 is 2.06 bits per heavy atom. The zero-order valence-electron chi connectivity index (χ0n) is 12.8. The second-order valence-electron chi connectivity index (χ2n) is 5.97. The molecule has 0 aromatic rings. The van der Waals surface area contributed by atoms with Gasteiger partial charge in [0.1, 0.15) is 0 Å². The number of rotatable bonds is 7. The zero-order chi connectivity index (χ0) is 13.1. The smallest absolute Gasteiger partial charge is 0.00223 e. The first-order valence-corrected chi connectivity index (χ1v) is 7.76. The van der Waals surface area contributed by atoms with Crippen LogP contribution in [0.2, 0.25) is 0 Å². The van der Waals surface area contributed by atoms with E-state index in [9.17, 15) is 0 Å². The number of hydrogen-bond acceptors (Lipinski definition) is 0. The van der Waals surface area contributed by atoms with Crippen molar-refractivity contribution in [3.63, 3.8) is 0 Å². The Labute approximate surface area is 109 Å². The first-order chi connectivity index (χ1) is 8.11. The predicted octanol–water partition coefficient (Wildman–Crippen LogP) is 5.83. The second kappa shape index (κ2) is 6.07. The molecular weight excluding hydrogens is 204 g/mol. The van der Waals surface area contributed by atoms with Gasteiger partial charge in [0, 0.05) is 0 Å². The molecule has 0 radical (unpaired) electrons. The monoisotopic (exact) mass is 236 g/mol. The van der Waals surface area contributed by atoms with Gasteiger partial charge in [-0.05, 0) is 42.9 Å². The lowest BCUT2D eigenvalue weighted by molar-refractivity contribution is 0.143. The van der Waals surface area contributed by atoms with Gasteiger partial charge >= 0.3 is 0 Å². The van der Waals surface area contributed by atoms with E-state index >= 15 is 0 Å². The minimum Gasteiger partial charge on any atom is -0.0878 e. The highest BCUT2D eigenvalue weighted by Crippen LogP contribution is 2.63. The number of hydrogen-bond donors (Lipinski definition) is 0. The Kier molecular flexibility index (Phi) is 5.28. The van der Waals surface area contributed by atoms with Crippen LogP contribution in [-0.2, 0) is 0 Å². The Balaban J connectivity index is 2.90. The molecule has 1 aliphatic carbocycles. The van der Waals surface area contributed by atoms with Crippen LogP contribution in [0.5, 0.6) is 0 Å². The molecule has 0 nitrogen and oxygen atoms in total. The van der Waals surface area contributed by atoms with Gasteiger partial charge < -0.3 is 0 Å². The molecule has 0 bridgehead atoms. The molecule has 1 aliphatic rings. The van der Waals surface area contributed by atoms with Gasteiger partial charge in [0.2, 0.25) is 0 Å². The molecular formula is C17H32. The molecule has 1 rings (SSSR count). The van der Waals surface area contributed by atoms with Crippen molar-refractivity contribution < 1.29 is 0 Å². The van der Waals surface area contributed by atoms with Gasteiger partial charge in [0.05, 0.1) is 0 Å². The second-order valence-corrected chi connectivity index (χ2v) is 5.97. The summed E-state index contributed by atoms with van der Waals surface area (Å²) in [6, 6.07) is 0. The van der Waals surface area contributed by atoms with Crippen molar-refractivity contribution in [1.29, 1.82) is 0 Å². The third-order valence-corrected chi connectivity index (χ3v) is 5.51. The van der Waals surface area contributed by atoms with E-state index in [1.54, 1.807) is 5.57 Å². The van der Waals surface area contributed by atoms with Crippen LogP contribution < -0.4 is 0 Å². The molecule has 0 amide bonds. The Hall–Kier alpha value is -0.260. The third kappa shape index (κ3) is 2.61. The topological polar surface area (TPSA) is 0 Å². The number of allylic oxidation sites excluding steroid dienone is 2. The summed E-state index contributed by atoms with van der Waals surface area (Å²) >= 11 is 0. The van der Waals surface area contributed by atoms with Crippen LogP contribution in [0.3, 0.4) is 0 Å². The molecule has 0 aliphatic heterocycles. The Bertz CT molecular complexity index is 263.